The van der Waals surface area contributed by atoms with Gasteiger partial charge in [-0.2, -0.15) is 0 Å². The third-order valence-corrected chi connectivity index (χ3v) is 7.50. The second-order valence-electron chi connectivity index (χ2n) is 9.96. The Labute approximate surface area is 202 Å². The SMILES string of the molecule is CCCCc1oc2ccccc2c1C(=O)NC1CCOC2(CCN(Cc3ccccc3)CC2)C1. The fourth-order valence-electron chi connectivity index (χ4n) is 5.58. The highest BCUT2D eigenvalue weighted by Gasteiger charge is 2.41. The molecule has 5 heteroatoms. The van der Waals surface area contributed by atoms with Gasteiger partial charge < -0.3 is 14.5 Å². The number of hydrogen-bond donors (Lipinski definition) is 1. The molecule has 1 atom stereocenters. The van der Waals surface area contributed by atoms with Crippen LogP contribution >= 0.6 is 0 Å². The average molecular weight is 461 g/mol. The molecule has 0 bridgehead atoms. The van der Waals surface area contributed by atoms with Crippen LogP contribution in [0.2, 0.25) is 0 Å². The fraction of sp³-hybridized carbons (Fsp3) is 0.483. The van der Waals surface area contributed by atoms with E-state index in [9.17, 15) is 4.79 Å². The molecule has 2 aliphatic rings. The van der Waals surface area contributed by atoms with Crippen molar-refractivity contribution in [3.63, 3.8) is 0 Å². The van der Waals surface area contributed by atoms with Crippen LogP contribution in [0.25, 0.3) is 11.0 Å². The number of nitrogens with zero attached hydrogens (tertiary/aromatic N) is 1. The summed E-state index contributed by atoms with van der Waals surface area (Å²) < 4.78 is 12.4. The Morgan fingerprint density at radius 2 is 1.85 bits per heavy atom. The number of ether oxygens (including phenoxy) is 1. The number of carbonyl (C=O) groups excluding carboxylic acids is 1. The maximum atomic E-state index is 13.5. The van der Waals surface area contributed by atoms with Crippen LogP contribution in [0.5, 0.6) is 0 Å². The molecule has 34 heavy (non-hydrogen) atoms. The smallest absolute Gasteiger partial charge is 0.255 e. The van der Waals surface area contributed by atoms with Crippen LogP contribution in [0.1, 0.15) is 67.1 Å². The van der Waals surface area contributed by atoms with Gasteiger partial charge in [-0.25, -0.2) is 0 Å². The highest BCUT2D eigenvalue weighted by molar-refractivity contribution is 6.07. The van der Waals surface area contributed by atoms with Gasteiger partial charge in [0.25, 0.3) is 5.91 Å². The van der Waals surface area contributed by atoms with Crippen molar-refractivity contribution in [2.24, 2.45) is 0 Å². The van der Waals surface area contributed by atoms with Crippen LogP contribution in [0.3, 0.4) is 0 Å². The van der Waals surface area contributed by atoms with Crippen LogP contribution in [-0.4, -0.2) is 42.1 Å². The van der Waals surface area contributed by atoms with Gasteiger partial charge in [0.1, 0.15) is 11.3 Å². The first-order valence-corrected chi connectivity index (χ1v) is 12.9. The molecular formula is C29H36N2O3. The number of likely N-dealkylation sites (tertiary alicyclic amines) is 1. The zero-order chi connectivity index (χ0) is 23.4. The first-order valence-electron chi connectivity index (χ1n) is 12.9. The molecule has 2 saturated heterocycles. The largest absolute Gasteiger partial charge is 0.460 e. The minimum atomic E-state index is -0.118. The molecule has 3 aromatic rings. The van der Waals surface area contributed by atoms with Gasteiger partial charge in [-0.15, -0.1) is 0 Å². The van der Waals surface area contributed by atoms with Gasteiger partial charge in [-0.1, -0.05) is 61.9 Å². The van der Waals surface area contributed by atoms with Crippen LogP contribution in [0, 0.1) is 0 Å². The second-order valence-corrected chi connectivity index (χ2v) is 9.96. The maximum Gasteiger partial charge on any atom is 0.255 e. The molecule has 1 unspecified atom stereocenters. The standard InChI is InChI=1S/C29H36N2O3/c1-2-3-12-26-27(24-11-7-8-13-25(24)34-26)28(32)30-23-14-19-33-29(20-23)15-17-31(18-16-29)21-22-9-5-4-6-10-22/h4-11,13,23H,2-3,12,14-21H2,1H3,(H,30,32). The van der Waals surface area contributed by atoms with Crippen molar-refractivity contribution in [1.29, 1.82) is 0 Å². The van der Waals surface area contributed by atoms with Crippen molar-refractivity contribution in [3.8, 4) is 0 Å². The first-order chi connectivity index (χ1) is 16.7. The third kappa shape index (κ3) is 5.06. The lowest BCUT2D eigenvalue weighted by Gasteiger charge is -2.46. The second kappa shape index (κ2) is 10.3. The Morgan fingerprint density at radius 1 is 1.09 bits per heavy atom. The van der Waals surface area contributed by atoms with E-state index in [2.05, 4.69) is 47.5 Å². The summed E-state index contributed by atoms with van der Waals surface area (Å²) in [5, 5.41) is 4.28. The summed E-state index contributed by atoms with van der Waals surface area (Å²) in [5.74, 6) is 0.816. The van der Waals surface area contributed by atoms with Crippen molar-refractivity contribution < 1.29 is 13.9 Å². The fourth-order valence-corrected chi connectivity index (χ4v) is 5.58. The lowest BCUT2D eigenvalue weighted by molar-refractivity contribution is -0.119. The quantitative estimate of drug-likeness (QED) is 0.490. The van der Waals surface area contributed by atoms with E-state index in [1.54, 1.807) is 0 Å². The van der Waals surface area contributed by atoms with Crippen LogP contribution in [-0.2, 0) is 17.7 Å². The van der Waals surface area contributed by atoms with Gasteiger partial charge in [0.05, 0.1) is 11.2 Å². The van der Waals surface area contributed by atoms with E-state index in [-0.39, 0.29) is 17.6 Å². The summed E-state index contributed by atoms with van der Waals surface area (Å²) in [5.41, 5.74) is 2.77. The molecule has 0 radical (unpaired) electrons. The number of unbranched alkanes of at least 4 members (excludes halogenated alkanes) is 1. The van der Waals surface area contributed by atoms with E-state index in [0.29, 0.717) is 6.61 Å². The molecule has 180 valence electrons. The average Bonchev–Trinajstić information content (AvgIpc) is 3.24. The number of nitrogens with one attached hydrogen (secondary N) is 1. The summed E-state index contributed by atoms with van der Waals surface area (Å²) in [6, 6.07) is 18.7. The Balaban J connectivity index is 1.23. The lowest BCUT2D eigenvalue weighted by Crippen LogP contribution is -2.53. The van der Waals surface area contributed by atoms with Crippen molar-refractivity contribution in [3.05, 3.63) is 71.5 Å². The number of amides is 1. The number of rotatable bonds is 7. The minimum absolute atomic E-state index is 0.000355. The molecule has 2 aliphatic heterocycles. The number of piperidine rings is 1. The van der Waals surface area contributed by atoms with E-state index < -0.39 is 0 Å². The first kappa shape index (κ1) is 23.1. The van der Waals surface area contributed by atoms with Gasteiger partial charge >= 0.3 is 0 Å². The number of aryl methyl sites for hydroxylation is 1. The minimum Gasteiger partial charge on any atom is -0.460 e. The number of fused-ring (bicyclic) bond motifs is 1. The zero-order valence-electron chi connectivity index (χ0n) is 20.2. The molecule has 1 amide bonds. The summed E-state index contributed by atoms with van der Waals surface area (Å²) in [7, 11) is 0. The van der Waals surface area contributed by atoms with E-state index in [1.807, 2.05) is 24.3 Å². The predicted molar refractivity (Wildman–Crippen MR) is 135 cm³/mol. The number of para-hydroxylation sites is 1. The van der Waals surface area contributed by atoms with Crippen LogP contribution < -0.4 is 5.32 Å². The monoisotopic (exact) mass is 460 g/mol. The molecule has 2 aromatic carbocycles. The molecule has 1 N–H and O–H groups in total. The zero-order valence-corrected chi connectivity index (χ0v) is 20.2. The van der Waals surface area contributed by atoms with Gasteiger partial charge in [-0.05, 0) is 43.7 Å². The van der Waals surface area contributed by atoms with Crippen molar-refractivity contribution >= 4 is 16.9 Å². The van der Waals surface area contributed by atoms with E-state index in [0.717, 1.165) is 86.9 Å². The van der Waals surface area contributed by atoms with Gasteiger partial charge in [0.2, 0.25) is 0 Å². The molecule has 0 saturated carbocycles. The predicted octanol–water partition coefficient (Wildman–Crippen LogP) is 5.72. The third-order valence-electron chi connectivity index (χ3n) is 7.50. The van der Waals surface area contributed by atoms with Crippen LogP contribution in [0.15, 0.2) is 59.0 Å². The summed E-state index contributed by atoms with van der Waals surface area (Å²) in [6.07, 6.45) is 6.66. The van der Waals surface area contributed by atoms with E-state index in [4.69, 9.17) is 9.15 Å². The molecule has 3 heterocycles. The normalized spacial score (nSPS) is 20.6. The Bertz CT molecular complexity index is 1100. The van der Waals surface area contributed by atoms with E-state index >= 15 is 0 Å². The van der Waals surface area contributed by atoms with Crippen LogP contribution in [0.4, 0.5) is 0 Å². The Kier molecular flexibility index (Phi) is 7.02. The number of hydrogen-bond acceptors (Lipinski definition) is 4. The molecule has 2 fully saturated rings. The molecule has 1 aromatic heterocycles. The highest BCUT2D eigenvalue weighted by atomic mass is 16.5. The Hall–Kier alpha value is -2.63. The topological polar surface area (TPSA) is 54.7 Å². The molecule has 0 aliphatic carbocycles. The lowest BCUT2D eigenvalue weighted by atomic mass is 9.82. The van der Waals surface area contributed by atoms with Crippen molar-refractivity contribution in [2.75, 3.05) is 19.7 Å². The molecule has 5 nitrogen and oxygen atoms in total. The number of benzene rings is 2. The maximum absolute atomic E-state index is 13.5. The molecule has 5 rings (SSSR count). The van der Waals surface area contributed by atoms with Gasteiger partial charge in [-0.3, -0.25) is 9.69 Å². The Morgan fingerprint density at radius 3 is 2.65 bits per heavy atom. The van der Waals surface area contributed by atoms with Gasteiger partial charge in [0.15, 0.2) is 0 Å². The van der Waals surface area contributed by atoms with E-state index in [1.165, 1.54) is 5.56 Å². The summed E-state index contributed by atoms with van der Waals surface area (Å²) >= 11 is 0. The number of carbonyl (C=O) groups is 1. The number of furan rings is 1. The van der Waals surface area contributed by atoms with Gasteiger partial charge in [0, 0.05) is 44.1 Å². The summed E-state index contributed by atoms with van der Waals surface area (Å²) in [4.78, 5) is 16.0. The molecule has 1 spiro atoms. The molecular weight excluding hydrogens is 424 g/mol. The van der Waals surface area contributed by atoms with Crippen molar-refractivity contribution in [2.45, 2.75) is 70.1 Å². The van der Waals surface area contributed by atoms with Crippen molar-refractivity contribution in [1.82, 2.24) is 10.2 Å². The summed E-state index contributed by atoms with van der Waals surface area (Å²) in [6.45, 7) is 5.92. The highest BCUT2D eigenvalue weighted by Crippen LogP contribution is 2.36.